The van der Waals surface area contributed by atoms with Gasteiger partial charge in [-0.3, -0.25) is 0 Å². The van der Waals surface area contributed by atoms with E-state index in [2.05, 4.69) is 0 Å². The second-order valence-corrected chi connectivity index (χ2v) is 2.25. The highest BCUT2D eigenvalue weighted by Gasteiger charge is 2.25. The maximum atomic E-state index is 12.0. The van der Waals surface area contributed by atoms with Crippen molar-refractivity contribution in [3.63, 3.8) is 0 Å². The average molecular weight is 129 g/mol. The van der Waals surface area contributed by atoms with Crippen LogP contribution in [0.3, 0.4) is 0 Å². The number of hydrogen-bond acceptors (Lipinski definition) is 0. The lowest BCUT2D eigenvalue weighted by Gasteiger charge is -2.11. The summed E-state index contributed by atoms with van der Waals surface area (Å²) in [5, 5.41) is 0. The fourth-order valence-corrected chi connectivity index (χ4v) is 0. The van der Waals surface area contributed by atoms with Crippen LogP contribution in [0.2, 0.25) is 0 Å². The highest BCUT2D eigenvalue weighted by atomic mass is 35.5. The van der Waals surface area contributed by atoms with Gasteiger partial charge in [0, 0.05) is 0 Å². The lowest BCUT2D eigenvalue weighted by atomic mass is 10.2. The van der Waals surface area contributed by atoms with E-state index >= 15 is 0 Å². The molecule has 44 valence electrons. The van der Waals surface area contributed by atoms with Gasteiger partial charge in [0.2, 0.25) is 5.63 Å². The predicted octanol–water partition coefficient (Wildman–Crippen LogP) is 2.27. The summed E-state index contributed by atoms with van der Waals surface area (Å²) in [6.07, 6.45) is 0. The molecule has 0 aliphatic rings. The summed E-state index contributed by atoms with van der Waals surface area (Å²) < 4.78 is 23.6. The molecule has 0 aliphatic heterocycles. The largest absolute Gasteiger partial charge is 0.240 e. The Morgan fingerprint density at radius 2 is 1.71 bits per heavy atom. The van der Waals surface area contributed by atoms with Gasteiger partial charge in [-0.05, 0) is 13.8 Å². The Hall–Kier alpha value is 0.150. The maximum Gasteiger partial charge on any atom is 0.206 e. The van der Waals surface area contributed by atoms with Crippen LogP contribution < -0.4 is 0 Å². The van der Waals surface area contributed by atoms with E-state index in [9.17, 15) is 8.78 Å². The zero-order chi connectivity index (χ0) is 6.08. The van der Waals surface area contributed by atoms with E-state index in [-0.39, 0.29) is 0 Å². The van der Waals surface area contributed by atoms with Crippen molar-refractivity contribution in [1.82, 2.24) is 0 Å². The minimum atomic E-state index is -1.90. The maximum absolute atomic E-state index is 12.0. The first-order valence-corrected chi connectivity index (χ1v) is 2.35. The zero-order valence-electron chi connectivity index (χ0n) is 4.21. The molecule has 0 rings (SSSR count). The Morgan fingerprint density at radius 3 is 1.71 bits per heavy atom. The van der Waals surface area contributed by atoms with E-state index in [1.165, 1.54) is 0 Å². The van der Waals surface area contributed by atoms with Crippen LogP contribution in [0.4, 0.5) is 8.78 Å². The molecule has 0 N–H and O–H groups in total. The lowest BCUT2D eigenvalue weighted by Crippen LogP contribution is -2.21. The van der Waals surface area contributed by atoms with Gasteiger partial charge in [-0.2, -0.15) is 0 Å². The first kappa shape index (κ1) is 7.15. The molecule has 0 aliphatic carbocycles. The first-order valence-electron chi connectivity index (χ1n) is 1.91. The molecule has 0 aromatic rings. The van der Waals surface area contributed by atoms with Crippen molar-refractivity contribution < 1.29 is 8.78 Å². The van der Waals surface area contributed by atoms with Crippen LogP contribution in [0.15, 0.2) is 0 Å². The molecule has 3 heteroatoms. The summed E-state index contributed by atoms with van der Waals surface area (Å²) in [6, 6.07) is 0. The number of halogens is 3. The summed E-state index contributed by atoms with van der Waals surface area (Å²) in [7, 11) is 0. The number of alkyl halides is 3. The molecular weight excluding hydrogens is 121 g/mol. The van der Waals surface area contributed by atoms with E-state index in [1.807, 2.05) is 0 Å². The second kappa shape index (κ2) is 1.95. The van der Waals surface area contributed by atoms with Crippen LogP contribution >= 0.6 is 11.6 Å². The molecule has 0 bridgehead atoms. The van der Waals surface area contributed by atoms with Gasteiger partial charge in [0.15, 0.2) is 0 Å². The quantitative estimate of drug-likeness (QED) is 0.476. The predicted molar refractivity (Wildman–Crippen MR) is 25.9 cm³/mol. The molecular formula is C4H7ClF2. The molecule has 0 fully saturated rings. The van der Waals surface area contributed by atoms with Crippen molar-refractivity contribution in [1.29, 1.82) is 0 Å². The number of hydrogen-bond donors (Lipinski definition) is 0. The minimum Gasteiger partial charge on any atom is -0.240 e. The lowest BCUT2D eigenvalue weighted by molar-refractivity contribution is 0.138. The van der Waals surface area contributed by atoms with E-state index in [4.69, 9.17) is 11.6 Å². The molecule has 0 aromatic carbocycles. The Morgan fingerprint density at radius 1 is 1.57 bits per heavy atom. The van der Waals surface area contributed by atoms with Crippen molar-refractivity contribution in [3.8, 4) is 0 Å². The highest BCUT2D eigenvalue weighted by molar-refractivity contribution is 6.20. The van der Waals surface area contributed by atoms with E-state index < -0.39 is 11.3 Å². The third kappa shape index (κ3) is 2.80. The molecule has 0 saturated carbocycles. The van der Waals surface area contributed by atoms with Gasteiger partial charge in [-0.25, -0.2) is 8.78 Å². The van der Waals surface area contributed by atoms with Gasteiger partial charge in [-0.15, -0.1) is 0 Å². The summed E-state index contributed by atoms with van der Waals surface area (Å²) in [4.78, 5) is 0. The summed E-state index contributed by atoms with van der Waals surface area (Å²) in [6.45, 7) is 2.18. The van der Waals surface area contributed by atoms with Gasteiger partial charge < -0.3 is 0 Å². The van der Waals surface area contributed by atoms with Crippen molar-refractivity contribution in [2.45, 2.75) is 25.1 Å². The van der Waals surface area contributed by atoms with Gasteiger partial charge >= 0.3 is 0 Å². The van der Waals surface area contributed by atoms with E-state index in [1.54, 1.807) is 0 Å². The van der Waals surface area contributed by atoms with Crippen molar-refractivity contribution in [3.05, 3.63) is 0 Å². The SMILES string of the molecule is CC(C)(F)[C@@H](F)Cl. The number of rotatable bonds is 1. The Labute approximate surface area is 46.5 Å². The summed E-state index contributed by atoms with van der Waals surface area (Å²) in [5.41, 5.74) is -3.80. The van der Waals surface area contributed by atoms with Crippen molar-refractivity contribution in [2.24, 2.45) is 0 Å². The Bertz CT molecular complexity index is 55.2. The van der Waals surface area contributed by atoms with Crippen LogP contribution in [0.25, 0.3) is 0 Å². The molecule has 1 atom stereocenters. The minimum absolute atomic E-state index is 1.09. The molecule has 0 nitrogen and oxygen atoms in total. The van der Waals surface area contributed by atoms with Crippen LogP contribution in [0, 0.1) is 0 Å². The van der Waals surface area contributed by atoms with Gasteiger partial charge in [-0.1, -0.05) is 11.6 Å². The molecule has 0 amide bonds. The van der Waals surface area contributed by atoms with Crippen LogP contribution in [0.5, 0.6) is 0 Å². The monoisotopic (exact) mass is 128 g/mol. The molecule has 0 spiro atoms. The highest BCUT2D eigenvalue weighted by Crippen LogP contribution is 2.20. The summed E-state index contributed by atoms with van der Waals surface area (Å²) >= 11 is 4.71. The normalized spacial score (nSPS) is 16.7. The molecule has 0 aromatic heterocycles. The fourth-order valence-electron chi connectivity index (χ4n) is 0. The molecule has 0 saturated heterocycles. The smallest absolute Gasteiger partial charge is 0.206 e. The zero-order valence-corrected chi connectivity index (χ0v) is 4.97. The van der Waals surface area contributed by atoms with Crippen molar-refractivity contribution >= 4 is 11.6 Å². The van der Waals surface area contributed by atoms with E-state index in [0.717, 1.165) is 13.8 Å². The third-order valence-corrected chi connectivity index (χ3v) is 1.04. The van der Waals surface area contributed by atoms with Gasteiger partial charge in [0.1, 0.15) is 5.67 Å². The average Bonchev–Trinajstić information content (AvgIpc) is 1.31. The summed E-state index contributed by atoms with van der Waals surface area (Å²) in [5.74, 6) is 0. The second-order valence-electron chi connectivity index (χ2n) is 1.87. The molecule has 0 heterocycles. The topological polar surface area (TPSA) is 0 Å². The van der Waals surface area contributed by atoms with E-state index in [0.29, 0.717) is 0 Å². The third-order valence-electron chi connectivity index (χ3n) is 0.519. The van der Waals surface area contributed by atoms with Gasteiger partial charge in [0.05, 0.1) is 0 Å². The van der Waals surface area contributed by atoms with Gasteiger partial charge in [0.25, 0.3) is 0 Å². The Kier molecular flexibility index (Phi) is 1.99. The molecule has 7 heavy (non-hydrogen) atoms. The fraction of sp³-hybridized carbons (Fsp3) is 1.00. The van der Waals surface area contributed by atoms with Crippen LogP contribution in [-0.2, 0) is 0 Å². The first-order chi connectivity index (χ1) is 2.94. The molecule has 0 unspecified atom stereocenters. The Balaban J connectivity index is 3.54. The standard InChI is InChI=1S/C4H7ClF2/c1-4(2,7)3(5)6/h3H,1-2H3/t3-/m1/s1. The van der Waals surface area contributed by atoms with Crippen LogP contribution in [0.1, 0.15) is 13.8 Å². The molecule has 0 radical (unpaired) electrons. The van der Waals surface area contributed by atoms with Crippen LogP contribution in [-0.4, -0.2) is 11.3 Å². The van der Waals surface area contributed by atoms with Crippen molar-refractivity contribution in [2.75, 3.05) is 0 Å².